The van der Waals surface area contributed by atoms with Gasteiger partial charge in [0.25, 0.3) is 0 Å². The summed E-state index contributed by atoms with van der Waals surface area (Å²) in [5, 5.41) is 10.5. The second kappa shape index (κ2) is 3.57. The van der Waals surface area contributed by atoms with E-state index in [1.54, 1.807) is 0 Å². The largest absolute Gasteiger partial charge is 0.390 e. The van der Waals surface area contributed by atoms with Crippen LogP contribution in [0.3, 0.4) is 0 Å². The van der Waals surface area contributed by atoms with Gasteiger partial charge in [-0.3, -0.25) is 4.79 Å². The molecule has 1 saturated heterocycles. The maximum atomic E-state index is 12.6. The van der Waals surface area contributed by atoms with Crippen molar-refractivity contribution in [2.24, 2.45) is 23.2 Å². The van der Waals surface area contributed by atoms with Crippen molar-refractivity contribution in [1.82, 2.24) is 0 Å². The summed E-state index contributed by atoms with van der Waals surface area (Å²) in [5.41, 5.74) is -0.500. The first-order valence-electron chi connectivity index (χ1n) is 7.19. The Morgan fingerprint density at radius 3 is 2.61 bits per heavy atom. The van der Waals surface area contributed by atoms with E-state index in [9.17, 15) is 9.90 Å². The standard InChI is InChI=1S/C15H24O3/c1-8-6-5-7-9-10(16)12-11(17)13(15(8,9)4)14(2,3)18-12/h8-9,11-13,17H,5-7H2,1-4H3. The molecule has 0 amide bonds. The molecule has 1 aliphatic heterocycles. The lowest BCUT2D eigenvalue weighted by molar-refractivity contribution is -0.155. The fraction of sp³-hybridized carbons (Fsp3) is 0.933. The molecule has 2 bridgehead atoms. The van der Waals surface area contributed by atoms with E-state index in [2.05, 4.69) is 13.8 Å². The summed E-state index contributed by atoms with van der Waals surface area (Å²) in [5.74, 6) is 0.787. The average Bonchev–Trinajstić information content (AvgIpc) is 2.47. The monoisotopic (exact) mass is 252 g/mol. The Morgan fingerprint density at radius 1 is 1.28 bits per heavy atom. The van der Waals surface area contributed by atoms with Crippen LogP contribution in [0.1, 0.15) is 47.0 Å². The molecule has 6 atom stereocenters. The number of Topliss-reactive ketones (excluding diaryl/α,β-unsaturated/α-hetero) is 1. The third-order valence-electron chi connectivity index (χ3n) is 6.07. The highest BCUT2D eigenvalue weighted by Gasteiger charge is 2.68. The molecule has 3 nitrogen and oxygen atoms in total. The van der Waals surface area contributed by atoms with E-state index < -0.39 is 17.8 Å². The molecule has 0 aromatic carbocycles. The van der Waals surface area contributed by atoms with E-state index in [1.807, 2.05) is 13.8 Å². The minimum Gasteiger partial charge on any atom is -0.390 e. The van der Waals surface area contributed by atoms with Crippen molar-refractivity contribution in [3.05, 3.63) is 0 Å². The van der Waals surface area contributed by atoms with E-state index in [1.165, 1.54) is 0 Å². The number of ketones is 1. The fourth-order valence-corrected chi connectivity index (χ4v) is 5.16. The molecule has 2 saturated carbocycles. The highest BCUT2D eigenvalue weighted by atomic mass is 16.5. The Bertz CT molecular complexity index is 389. The molecule has 6 unspecified atom stereocenters. The van der Waals surface area contributed by atoms with E-state index in [-0.39, 0.29) is 23.0 Å². The Hall–Kier alpha value is -0.410. The van der Waals surface area contributed by atoms with Crippen LogP contribution in [0.2, 0.25) is 0 Å². The molecule has 0 aromatic rings. The summed E-state index contributed by atoms with van der Waals surface area (Å²) in [6, 6.07) is 0. The van der Waals surface area contributed by atoms with Crippen LogP contribution in [-0.2, 0) is 9.53 Å². The van der Waals surface area contributed by atoms with Gasteiger partial charge in [0.05, 0.1) is 11.7 Å². The molecule has 3 aliphatic rings. The molecule has 0 radical (unpaired) electrons. The molecular weight excluding hydrogens is 228 g/mol. The number of ether oxygens (including phenoxy) is 1. The maximum absolute atomic E-state index is 12.6. The van der Waals surface area contributed by atoms with E-state index >= 15 is 0 Å². The second-order valence-corrected chi connectivity index (χ2v) is 7.26. The van der Waals surface area contributed by atoms with Crippen LogP contribution in [0.4, 0.5) is 0 Å². The first-order chi connectivity index (χ1) is 8.30. The Balaban J connectivity index is 2.13. The van der Waals surface area contributed by atoms with E-state index in [0.717, 1.165) is 19.3 Å². The third kappa shape index (κ3) is 1.30. The van der Waals surface area contributed by atoms with Gasteiger partial charge in [-0.25, -0.2) is 0 Å². The Morgan fingerprint density at radius 2 is 1.94 bits per heavy atom. The summed E-state index contributed by atoms with van der Waals surface area (Å²) < 4.78 is 5.90. The average molecular weight is 252 g/mol. The van der Waals surface area contributed by atoms with Gasteiger partial charge in [0.2, 0.25) is 0 Å². The third-order valence-corrected chi connectivity index (χ3v) is 6.07. The molecule has 2 aliphatic carbocycles. The summed E-state index contributed by atoms with van der Waals surface area (Å²) in [4.78, 5) is 12.6. The number of aliphatic hydroxyl groups excluding tert-OH is 1. The van der Waals surface area contributed by atoms with Crippen LogP contribution < -0.4 is 0 Å². The molecule has 3 heteroatoms. The van der Waals surface area contributed by atoms with Gasteiger partial charge in [0, 0.05) is 11.8 Å². The zero-order valence-electron chi connectivity index (χ0n) is 11.8. The lowest BCUT2D eigenvalue weighted by Crippen LogP contribution is -2.60. The van der Waals surface area contributed by atoms with Crippen LogP contribution in [0.15, 0.2) is 0 Å². The summed E-state index contributed by atoms with van der Waals surface area (Å²) in [7, 11) is 0. The Kier molecular flexibility index (Phi) is 2.50. The van der Waals surface area contributed by atoms with Gasteiger partial charge >= 0.3 is 0 Å². The predicted octanol–water partition coefficient (Wildman–Crippen LogP) is 2.17. The number of hydrogen-bond acceptors (Lipinski definition) is 3. The molecule has 1 N–H and O–H groups in total. The van der Waals surface area contributed by atoms with Crippen LogP contribution in [0.25, 0.3) is 0 Å². The van der Waals surface area contributed by atoms with Gasteiger partial charge in [0.1, 0.15) is 6.10 Å². The molecule has 1 heterocycles. The van der Waals surface area contributed by atoms with Crippen molar-refractivity contribution in [3.8, 4) is 0 Å². The molecule has 3 fully saturated rings. The van der Waals surface area contributed by atoms with Crippen molar-refractivity contribution < 1.29 is 14.6 Å². The number of hydrogen-bond donors (Lipinski definition) is 1. The number of aliphatic hydroxyl groups is 1. The van der Waals surface area contributed by atoms with E-state index in [4.69, 9.17) is 4.74 Å². The molecular formula is C15H24O3. The van der Waals surface area contributed by atoms with Crippen molar-refractivity contribution in [3.63, 3.8) is 0 Å². The first kappa shape index (κ1) is 12.6. The van der Waals surface area contributed by atoms with Gasteiger partial charge in [-0.15, -0.1) is 0 Å². The minimum absolute atomic E-state index is 0.0769. The van der Waals surface area contributed by atoms with Crippen molar-refractivity contribution in [2.75, 3.05) is 0 Å². The Labute approximate surface area is 109 Å². The lowest BCUT2D eigenvalue weighted by Gasteiger charge is -2.54. The number of rotatable bonds is 0. The van der Waals surface area contributed by atoms with Crippen molar-refractivity contribution in [1.29, 1.82) is 0 Å². The highest BCUT2D eigenvalue weighted by Crippen LogP contribution is 2.61. The van der Waals surface area contributed by atoms with Crippen LogP contribution in [0, 0.1) is 23.2 Å². The molecule has 0 spiro atoms. The zero-order valence-corrected chi connectivity index (χ0v) is 11.8. The molecule has 18 heavy (non-hydrogen) atoms. The summed E-state index contributed by atoms with van der Waals surface area (Å²) >= 11 is 0. The van der Waals surface area contributed by atoms with Gasteiger partial charge in [-0.2, -0.15) is 0 Å². The summed E-state index contributed by atoms with van der Waals surface area (Å²) in [6.45, 7) is 8.51. The van der Waals surface area contributed by atoms with Crippen molar-refractivity contribution in [2.45, 2.75) is 64.8 Å². The first-order valence-corrected chi connectivity index (χ1v) is 7.19. The van der Waals surface area contributed by atoms with Crippen LogP contribution in [0.5, 0.6) is 0 Å². The SMILES string of the molecule is CC1CCCC2C(=O)C3OC(C)(C)C(C3O)C12C. The van der Waals surface area contributed by atoms with Crippen LogP contribution in [-0.4, -0.2) is 28.7 Å². The van der Waals surface area contributed by atoms with Crippen molar-refractivity contribution >= 4 is 5.78 Å². The summed E-state index contributed by atoms with van der Waals surface area (Å²) in [6.07, 6.45) is 2.06. The highest BCUT2D eigenvalue weighted by molar-refractivity contribution is 5.89. The fourth-order valence-electron chi connectivity index (χ4n) is 5.16. The molecule has 3 rings (SSSR count). The zero-order chi connectivity index (χ0) is 13.3. The van der Waals surface area contributed by atoms with E-state index in [0.29, 0.717) is 5.92 Å². The number of fused-ring (bicyclic) bond motifs is 4. The van der Waals surface area contributed by atoms with Crippen LogP contribution >= 0.6 is 0 Å². The minimum atomic E-state index is -0.616. The van der Waals surface area contributed by atoms with Gasteiger partial charge in [-0.05, 0) is 31.6 Å². The topological polar surface area (TPSA) is 46.5 Å². The van der Waals surface area contributed by atoms with Gasteiger partial charge in [0.15, 0.2) is 5.78 Å². The quantitative estimate of drug-likeness (QED) is 0.718. The normalized spacial score (nSPS) is 54.3. The lowest BCUT2D eigenvalue weighted by atomic mass is 9.48. The number of carbonyl (C=O) groups excluding carboxylic acids is 1. The maximum Gasteiger partial charge on any atom is 0.167 e. The second-order valence-electron chi connectivity index (χ2n) is 7.26. The molecule has 0 aromatic heterocycles. The predicted molar refractivity (Wildman–Crippen MR) is 68.1 cm³/mol. The molecule has 102 valence electrons. The van der Waals surface area contributed by atoms with Gasteiger partial charge < -0.3 is 9.84 Å². The van der Waals surface area contributed by atoms with Gasteiger partial charge in [-0.1, -0.05) is 26.7 Å². The number of carbonyl (C=O) groups is 1. The smallest absolute Gasteiger partial charge is 0.167 e.